The van der Waals surface area contributed by atoms with Gasteiger partial charge in [0.1, 0.15) is 5.75 Å². The summed E-state index contributed by atoms with van der Waals surface area (Å²) >= 11 is 11.9. The third-order valence-electron chi connectivity index (χ3n) is 3.19. The fourth-order valence-electron chi connectivity index (χ4n) is 2.26. The summed E-state index contributed by atoms with van der Waals surface area (Å²) in [4.78, 5) is 13.7. The van der Waals surface area contributed by atoms with Crippen LogP contribution in [0.4, 0.5) is 10.5 Å². The molecule has 1 atom stereocenters. The fourth-order valence-corrected chi connectivity index (χ4v) is 2.56. The zero-order valence-electron chi connectivity index (χ0n) is 11.0. The van der Waals surface area contributed by atoms with E-state index >= 15 is 0 Å². The van der Waals surface area contributed by atoms with Gasteiger partial charge >= 0.3 is 6.09 Å². The minimum absolute atomic E-state index is 0.446. The number of hydrogen-bond donors (Lipinski definition) is 0. The van der Waals surface area contributed by atoms with Gasteiger partial charge in [-0.15, -0.1) is 0 Å². The summed E-state index contributed by atoms with van der Waals surface area (Å²) in [5.74, 6) is 0.446. The maximum atomic E-state index is 12.3. The van der Waals surface area contributed by atoms with E-state index in [1.807, 2.05) is 0 Å². The van der Waals surface area contributed by atoms with E-state index in [0.717, 1.165) is 0 Å². The van der Waals surface area contributed by atoms with Crippen molar-refractivity contribution in [2.24, 2.45) is 0 Å². The molecule has 0 N–H and O–H groups in total. The van der Waals surface area contributed by atoms with E-state index in [2.05, 4.69) is 0 Å². The summed E-state index contributed by atoms with van der Waals surface area (Å²) in [5.41, 5.74) is 1.32. The highest BCUT2D eigenvalue weighted by atomic mass is 35.5. The van der Waals surface area contributed by atoms with Crippen molar-refractivity contribution >= 4 is 35.0 Å². The summed E-state index contributed by atoms with van der Waals surface area (Å²) in [6.07, 6.45) is -1.12. The molecule has 1 aliphatic heterocycles. The molecule has 21 heavy (non-hydrogen) atoms. The predicted octanol–water partition coefficient (Wildman–Crippen LogP) is 4.66. The molecular formula is C15H11Cl2NO3. The van der Waals surface area contributed by atoms with Gasteiger partial charge in [0.25, 0.3) is 0 Å². The Labute approximate surface area is 131 Å². The molecule has 0 saturated heterocycles. The molecule has 4 nitrogen and oxygen atoms in total. The lowest BCUT2D eigenvalue weighted by Gasteiger charge is -2.35. The molecule has 2 aromatic carbocycles. The Kier molecular flexibility index (Phi) is 3.76. The Morgan fingerprint density at radius 1 is 1.10 bits per heavy atom. The third kappa shape index (κ3) is 2.58. The maximum absolute atomic E-state index is 12.3. The molecule has 0 aromatic heterocycles. The van der Waals surface area contributed by atoms with Crippen LogP contribution < -0.4 is 9.64 Å². The van der Waals surface area contributed by atoms with Crippen molar-refractivity contribution in [1.29, 1.82) is 0 Å². The molecule has 1 amide bonds. The number of benzene rings is 2. The lowest BCUT2D eigenvalue weighted by molar-refractivity contribution is 0.0848. The van der Waals surface area contributed by atoms with Gasteiger partial charge in [-0.25, -0.2) is 9.69 Å². The molecule has 1 unspecified atom stereocenters. The molecule has 0 fully saturated rings. The normalized spacial score (nSPS) is 17.4. The summed E-state index contributed by atoms with van der Waals surface area (Å²) in [7, 11) is 1.52. The Balaban J connectivity index is 2.08. The smallest absolute Gasteiger partial charge is 0.409 e. The molecule has 0 bridgehead atoms. The molecule has 3 rings (SSSR count). The molecule has 0 aliphatic carbocycles. The second-order valence-electron chi connectivity index (χ2n) is 4.48. The standard InChI is InChI=1S/C15H11Cl2NO3/c1-20-14-12-8-10(17)4-7-13(12)21-15(19)18(14)11-5-2-9(16)3-6-11/h2-8,14H,1H3. The van der Waals surface area contributed by atoms with Crippen molar-refractivity contribution in [1.82, 2.24) is 0 Å². The number of fused-ring (bicyclic) bond motifs is 1. The second-order valence-corrected chi connectivity index (χ2v) is 5.36. The fraction of sp³-hybridized carbons (Fsp3) is 0.133. The number of anilines is 1. The van der Waals surface area contributed by atoms with Crippen molar-refractivity contribution in [2.75, 3.05) is 12.0 Å². The van der Waals surface area contributed by atoms with E-state index in [1.54, 1.807) is 42.5 Å². The number of hydrogen-bond acceptors (Lipinski definition) is 3. The van der Waals surface area contributed by atoms with Gasteiger partial charge < -0.3 is 9.47 Å². The Bertz CT molecular complexity index is 688. The van der Waals surface area contributed by atoms with Crippen LogP contribution in [0.25, 0.3) is 0 Å². The molecular weight excluding hydrogens is 313 g/mol. The molecule has 108 valence electrons. The van der Waals surface area contributed by atoms with Gasteiger partial charge in [0.05, 0.1) is 5.69 Å². The first kappa shape index (κ1) is 14.2. The number of methoxy groups -OCH3 is 1. The molecule has 6 heteroatoms. The highest BCUT2D eigenvalue weighted by molar-refractivity contribution is 6.31. The van der Waals surface area contributed by atoms with Gasteiger partial charge in [0.15, 0.2) is 6.23 Å². The van der Waals surface area contributed by atoms with Crippen molar-refractivity contribution in [3.8, 4) is 5.75 Å². The van der Waals surface area contributed by atoms with E-state index in [-0.39, 0.29) is 0 Å². The summed E-state index contributed by atoms with van der Waals surface area (Å²) in [5, 5.41) is 1.13. The number of ether oxygens (including phenoxy) is 2. The first-order chi connectivity index (χ1) is 10.1. The number of halogens is 2. The Morgan fingerprint density at radius 2 is 1.76 bits per heavy atom. The van der Waals surface area contributed by atoms with Crippen molar-refractivity contribution in [3.05, 3.63) is 58.1 Å². The Hall–Kier alpha value is -1.75. The van der Waals surface area contributed by atoms with Crippen LogP contribution >= 0.6 is 23.2 Å². The highest BCUT2D eigenvalue weighted by Gasteiger charge is 2.35. The van der Waals surface area contributed by atoms with E-state index in [1.165, 1.54) is 12.0 Å². The zero-order valence-corrected chi connectivity index (χ0v) is 12.6. The largest absolute Gasteiger partial charge is 0.422 e. The number of rotatable bonds is 2. The average molecular weight is 324 g/mol. The van der Waals surface area contributed by atoms with Crippen LogP contribution in [0.1, 0.15) is 11.8 Å². The molecule has 0 radical (unpaired) electrons. The molecule has 1 heterocycles. The van der Waals surface area contributed by atoms with Crippen LogP contribution in [0.2, 0.25) is 10.0 Å². The van der Waals surface area contributed by atoms with Crippen LogP contribution in [-0.4, -0.2) is 13.2 Å². The van der Waals surface area contributed by atoms with Crippen molar-refractivity contribution in [2.45, 2.75) is 6.23 Å². The van der Waals surface area contributed by atoms with Gasteiger partial charge in [0, 0.05) is 22.7 Å². The first-order valence-corrected chi connectivity index (χ1v) is 6.94. The summed E-state index contributed by atoms with van der Waals surface area (Å²) in [6.45, 7) is 0. The third-order valence-corrected chi connectivity index (χ3v) is 3.68. The van der Waals surface area contributed by atoms with Crippen molar-refractivity contribution < 1.29 is 14.3 Å². The van der Waals surface area contributed by atoms with Gasteiger partial charge in [-0.3, -0.25) is 0 Å². The van der Waals surface area contributed by atoms with Gasteiger partial charge in [-0.1, -0.05) is 23.2 Å². The minimum Gasteiger partial charge on any atom is -0.409 e. The first-order valence-electron chi connectivity index (χ1n) is 6.19. The quantitative estimate of drug-likeness (QED) is 0.806. The van der Waals surface area contributed by atoms with Gasteiger partial charge in [0.2, 0.25) is 0 Å². The minimum atomic E-state index is -0.610. The number of carbonyl (C=O) groups excluding carboxylic acids is 1. The monoisotopic (exact) mass is 323 g/mol. The number of amides is 1. The van der Waals surface area contributed by atoms with E-state index < -0.39 is 12.3 Å². The Morgan fingerprint density at radius 3 is 2.43 bits per heavy atom. The van der Waals surface area contributed by atoms with Crippen LogP contribution in [0.3, 0.4) is 0 Å². The topological polar surface area (TPSA) is 38.8 Å². The number of carbonyl (C=O) groups is 1. The van der Waals surface area contributed by atoms with E-state index in [0.29, 0.717) is 27.0 Å². The lowest BCUT2D eigenvalue weighted by Crippen LogP contribution is -2.41. The molecule has 0 spiro atoms. The lowest BCUT2D eigenvalue weighted by atomic mass is 10.1. The molecule has 1 aliphatic rings. The average Bonchev–Trinajstić information content (AvgIpc) is 2.47. The van der Waals surface area contributed by atoms with Gasteiger partial charge in [-0.2, -0.15) is 0 Å². The zero-order chi connectivity index (χ0) is 15.0. The van der Waals surface area contributed by atoms with Crippen molar-refractivity contribution in [3.63, 3.8) is 0 Å². The van der Waals surface area contributed by atoms with Crippen LogP contribution in [0, 0.1) is 0 Å². The molecule has 2 aromatic rings. The summed E-state index contributed by atoms with van der Waals surface area (Å²) in [6, 6.07) is 11.9. The predicted molar refractivity (Wildman–Crippen MR) is 81.2 cm³/mol. The van der Waals surface area contributed by atoms with E-state index in [4.69, 9.17) is 32.7 Å². The van der Waals surface area contributed by atoms with E-state index in [9.17, 15) is 4.79 Å². The second kappa shape index (κ2) is 5.56. The SMILES string of the molecule is COC1c2cc(Cl)ccc2OC(=O)N1c1ccc(Cl)cc1. The van der Waals surface area contributed by atoms with Gasteiger partial charge in [-0.05, 0) is 42.5 Å². The maximum Gasteiger partial charge on any atom is 0.422 e. The highest BCUT2D eigenvalue weighted by Crippen LogP contribution is 2.39. The number of nitrogens with zero attached hydrogens (tertiary/aromatic N) is 1. The summed E-state index contributed by atoms with van der Waals surface area (Å²) < 4.78 is 10.8. The van der Waals surface area contributed by atoms with Crippen LogP contribution in [0.15, 0.2) is 42.5 Å². The van der Waals surface area contributed by atoms with Crippen LogP contribution in [-0.2, 0) is 4.74 Å². The molecule has 0 saturated carbocycles. The van der Waals surface area contributed by atoms with Crippen LogP contribution in [0.5, 0.6) is 5.75 Å².